The van der Waals surface area contributed by atoms with Crippen LogP contribution in [0, 0.1) is 0 Å². The van der Waals surface area contributed by atoms with Crippen molar-refractivity contribution >= 4 is 17.9 Å². The van der Waals surface area contributed by atoms with Crippen LogP contribution in [0.4, 0.5) is 0 Å². The van der Waals surface area contributed by atoms with E-state index in [0.29, 0.717) is 19.3 Å². The summed E-state index contributed by atoms with van der Waals surface area (Å²) in [6.45, 7) is 6.49. The van der Waals surface area contributed by atoms with Crippen LogP contribution >= 0.6 is 0 Å². The summed E-state index contributed by atoms with van der Waals surface area (Å²) in [6.07, 6.45) is 84.9. The van der Waals surface area contributed by atoms with Crippen LogP contribution in [-0.2, 0) is 28.6 Å². The molecule has 438 valence electrons. The van der Waals surface area contributed by atoms with Gasteiger partial charge in [-0.1, -0.05) is 292 Å². The monoisotopic (exact) mass is 1060 g/mol. The minimum Gasteiger partial charge on any atom is -0.462 e. The number of carbonyl (C=O) groups excluding carboxylic acids is 3. The zero-order valence-corrected chi connectivity index (χ0v) is 50.3. The Bertz CT molecular complexity index is 1450. The second-order valence-electron chi connectivity index (χ2n) is 21.6. The minimum atomic E-state index is -0.773. The molecule has 6 nitrogen and oxygen atoms in total. The van der Waals surface area contributed by atoms with Crippen molar-refractivity contribution in [3.05, 3.63) is 85.1 Å². The molecule has 6 heteroatoms. The zero-order valence-electron chi connectivity index (χ0n) is 50.3. The van der Waals surface area contributed by atoms with E-state index in [1.165, 1.54) is 186 Å². The standard InChI is InChI=1S/C70H122O6/c1-4-7-10-13-16-18-20-22-24-26-28-29-30-31-32-33-34-35-36-37-38-39-40-41-43-44-46-48-50-52-54-57-60-63-69(72)75-66-67(65-74-68(71)62-59-56-15-12-9-6-3)76-70(73)64-61-58-55-53-51-49-47-45-42-27-25-23-21-19-17-14-11-8-5-2/h7,10,16,18,22-25,28-29,31-32,34-35,67H,4-6,8-9,11-15,17,19-21,26-27,30,33,36-66H2,1-3H3/b10-7-,18-16-,24-22-,25-23-,29-28-,32-31-,35-34-. The first-order chi connectivity index (χ1) is 37.5. The molecule has 0 heterocycles. The lowest BCUT2D eigenvalue weighted by Gasteiger charge is -2.18. The maximum absolute atomic E-state index is 12.8. The third-order valence-corrected chi connectivity index (χ3v) is 14.1. The molecular weight excluding hydrogens is 937 g/mol. The Morgan fingerprint density at radius 2 is 0.513 bits per heavy atom. The quantitative estimate of drug-likeness (QED) is 0.0261. The fraction of sp³-hybridized carbons (Fsp3) is 0.757. The summed E-state index contributed by atoms with van der Waals surface area (Å²) >= 11 is 0. The minimum absolute atomic E-state index is 0.0739. The van der Waals surface area contributed by atoms with Gasteiger partial charge in [0, 0.05) is 19.3 Å². The van der Waals surface area contributed by atoms with Crippen molar-refractivity contribution in [3.8, 4) is 0 Å². The van der Waals surface area contributed by atoms with E-state index >= 15 is 0 Å². The first-order valence-electron chi connectivity index (χ1n) is 32.6. The fourth-order valence-electron chi connectivity index (χ4n) is 9.27. The highest BCUT2D eigenvalue weighted by Gasteiger charge is 2.19. The molecule has 0 bridgehead atoms. The molecule has 1 atom stereocenters. The lowest BCUT2D eigenvalue weighted by atomic mass is 10.0. The first-order valence-corrected chi connectivity index (χ1v) is 32.6. The van der Waals surface area contributed by atoms with E-state index in [1.807, 2.05) is 0 Å². The molecule has 0 rings (SSSR count). The third kappa shape index (κ3) is 61.4. The number of hydrogen-bond acceptors (Lipinski definition) is 6. The van der Waals surface area contributed by atoms with Crippen molar-refractivity contribution < 1.29 is 28.6 Å². The Balaban J connectivity index is 4.02. The molecule has 0 aromatic rings. The number of hydrogen-bond donors (Lipinski definition) is 0. The van der Waals surface area contributed by atoms with Gasteiger partial charge in [-0.05, 0) is 96.3 Å². The van der Waals surface area contributed by atoms with Crippen LogP contribution in [0.15, 0.2) is 85.1 Å². The summed E-state index contributed by atoms with van der Waals surface area (Å²) < 4.78 is 16.8. The molecule has 0 aliphatic heterocycles. The Hall–Kier alpha value is -3.41. The van der Waals surface area contributed by atoms with E-state index in [9.17, 15) is 14.4 Å². The summed E-state index contributed by atoms with van der Waals surface area (Å²) in [5.74, 6) is -0.874. The maximum atomic E-state index is 12.8. The summed E-state index contributed by atoms with van der Waals surface area (Å²) in [4.78, 5) is 38.0. The Labute approximate surface area is 471 Å². The third-order valence-electron chi connectivity index (χ3n) is 14.1. The average Bonchev–Trinajstić information content (AvgIpc) is 3.42. The van der Waals surface area contributed by atoms with Crippen LogP contribution in [-0.4, -0.2) is 37.2 Å². The van der Waals surface area contributed by atoms with Gasteiger partial charge in [0.15, 0.2) is 6.10 Å². The zero-order chi connectivity index (χ0) is 55.0. The molecule has 0 fully saturated rings. The van der Waals surface area contributed by atoms with Gasteiger partial charge in [-0.25, -0.2) is 0 Å². The Kier molecular flexibility index (Phi) is 61.2. The molecular formula is C70H122O6. The second-order valence-corrected chi connectivity index (χ2v) is 21.6. The van der Waals surface area contributed by atoms with Crippen LogP contribution in [0.2, 0.25) is 0 Å². The molecule has 0 saturated carbocycles. The predicted octanol–water partition coefficient (Wildman–Crippen LogP) is 22.3. The molecule has 0 saturated heterocycles. The van der Waals surface area contributed by atoms with E-state index < -0.39 is 6.10 Å². The lowest BCUT2D eigenvalue weighted by Crippen LogP contribution is -2.30. The fourth-order valence-corrected chi connectivity index (χ4v) is 9.27. The maximum Gasteiger partial charge on any atom is 0.306 e. The number of carbonyl (C=O) groups is 3. The van der Waals surface area contributed by atoms with Crippen molar-refractivity contribution in [2.45, 2.75) is 329 Å². The van der Waals surface area contributed by atoms with Crippen LogP contribution in [0.3, 0.4) is 0 Å². The van der Waals surface area contributed by atoms with Crippen LogP contribution in [0.1, 0.15) is 323 Å². The summed E-state index contributed by atoms with van der Waals surface area (Å²) in [6, 6.07) is 0. The number of esters is 3. The van der Waals surface area contributed by atoms with E-state index in [0.717, 1.165) is 96.3 Å². The summed E-state index contributed by atoms with van der Waals surface area (Å²) in [7, 11) is 0. The summed E-state index contributed by atoms with van der Waals surface area (Å²) in [5.41, 5.74) is 0. The van der Waals surface area contributed by atoms with Crippen LogP contribution in [0.25, 0.3) is 0 Å². The molecule has 0 aliphatic rings. The molecule has 76 heavy (non-hydrogen) atoms. The van der Waals surface area contributed by atoms with Crippen molar-refractivity contribution in [3.63, 3.8) is 0 Å². The van der Waals surface area contributed by atoms with E-state index in [4.69, 9.17) is 14.2 Å². The normalized spacial score (nSPS) is 12.6. The number of unbranched alkanes of at least 4 members (excludes halogenated alkanes) is 34. The summed E-state index contributed by atoms with van der Waals surface area (Å²) in [5, 5.41) is 0. The molecule has 0 spiro atoms. The lowest BCUT2D eigenvalue weighted by molar-refractivity contribution is -0.167. The van der Waals surface area contributed by atoms with Gasteiger partial charge < -0.3 is 14.2 Å². The molecule has 1 unspecified atom stereocenters. The van der Waals surface area contributed by atoms with E-state index in [-0.39, 0.29) is 31.1 Å². The van der Waals surface area contributed by atoms with Gasteiger partial charge in [-0.3, -0.25) is 14.4 Å². The van der Waals surface area contributed by atoms with Gasteiger partial charge >= 0.3 is 17.9 Å². The average molecular weight is 1060 g/mol. The Morgan fingerprint density at radius 3 is 0.816 bits per heavy atom. The van der Waals surface area contributed by atoms with Gasteiger partial charge in [0.2, 0.25) is 0 Å². The topological polar surface area (TPSA) is 78.9 Å². The Morgan fingerprint density at radius 1 is 0.276 bits per heavy atom. The first kappa shape index (κ1) is 72.6. The highest BCUT2D eigenvalue weighted by Crippen LogP contribution is 2.17. The molecule has 0 N–H and O–H groups in total. The second kappa shape index (κ2) is 64.1. The predicted molar refractivity (Wildman–Crippen MR) is 330 cm³/mol. The SMILES string of the molecule is CC/C=C\C/C=C\C/C=C\C/C=C\C/C=C\C/C=C\CCCCCCCCCCCCCCCCC(=O)OCC(COC(=O)CCCCCCCC)OC(=O)CCCCCCCCCCC/C=C\CCCCCCCC. The largest absolute Gasteiger partial charge is 0.462 e. The highest BCUT2D eigenvalue weighted by molar-refractivity contribution is 5.71. The van der Waals surface area contributed by atoms with Crippen molar-refractivity contribution in [1.29, 1.82) is 0 Å². The van der Waals surface area contributed by atoms with Crippen molar-refractivity contribution in [2.75, 3.05) is 13.2 Å². The van der Waals surface area contributed by atoms with Crippen LogP contribution in [0.5, 0.6) is 0 Å². The van der Waals surface area contributed by atoms with E-state index in [2.05, 4.69) is 106 Å². The van der Waals surface area contributed by atoms with Gasteiger partial charge in [0.1, 0.15) is 13.2 Å². The molecule has 0 radical (unpaired) electrons. The van der Waals surface area contributed by atoms with Crippen LogP contribution < -0.4 is 0 Å². The molecule has 0 aromatic heterocycles. The molecule has 0 amide bonds. The van der Waals surface area contributed by atoms with Gasteiger partial charge in [-0.2, -0.15) is 0 Å². The van der Waals surface area contributed by atoms with Gasteiger partial charge in [0.05, 0.1) is 0 Å². The number of ether oxygens (including phenoxy) is 3. The van der Waals surface area contributed by atoms with E-state index in [1.54, 1.807) is 0 Å². The van der Waals surface area contributed by atoms with Gasteiger partial charge in [0.25, 0.3) is 0 Å². The highest BCUT2D eigenvalue weighted by atomic mass is 16.6. The van der Waals surface area contributed by atoms with Gasteiger partial charge in [-0.15, -0.1) is 0 Å². The molecule has 0 aliphatic carbocycles. The molecule has 0 aromatic carbocycles. The van der Waals surface area contributed by atoms with Crippen molar-refractivity contribution in [2.24, 2.45) is 0 Å². The smallest absolute Gasteiger partial charge is 0.306 e. The van der Waals surface area contributed by atoms with Crippen molar-refractivity contribution in [1.82, 2.24) is 0 Å². The number of rotatable bonds is 59. The number of allylic oxidation sites excluding steroid dienone is 14.